The predicted molar refractivity (Wildman–Crippen MR) is 78.5 cm³/mol. The molecule has 0 atom stereocenters. The Kier molecular flexibility index (Phi) is 5.45. The van der Waals surface area contributed by atoms with E-state index in [9.17, 15) is 0 Å². The van der Waals surface area contributed by atoms with Crippen molar-refractivity contribution in [1.29, 1.82) is 0 Å². The van der Waals surface area contributed by atoms with E-state index in [1.807, 2.05) is 12.1 Å². The molecular formula is C17H22NO+. The van der Waals surface area contributed by atoms with Crippen molar-refractivity contribution in [2.75, 3.05) is 19.7 Å². The lowest BCUT2D eigenvalue weighted by atomic mass is 10.0. The van der Waals surface area contributed by atoms with Gasteiger partial charge in [-0.25, -0.2) is 0 Å². The summed E-state index contributed by atoms with van der Waals surface area (Å²) in [5, 5.41) is 2.25. The number of hydrogen-bond donors (Lipinski definition) is 1. The number of para-hydroxylation sites is 1. The molecule has 0 saturated heterocycles. The second-order valence-electron chi connectivity index (χ2n) is 4.60. The summed E-state index contributed by atoms with van der Waals surface area (Å²) >= 11 is 0. The molecule has 0 aliphatic rings. The third-order valence-electron chi connectivity index (χ3n) is 3.08. The van der Waals surface area contributed by atoms with Crippen molar-refractivity contribution < 1.29 is 10.1 Å². The van der Waals surface area contributed by atoms with Gasteiger partial charge in [-0.3, -0.25) is 0 Å². The highest BCUT2D eigenvalue weighted by Crippen LogP contribution is 2.21. The lowest BCUT2D eigenvalue weighted by Gasteiger charge is -2.11. The summed E-state index contributed by atoms with van der Waals surface area (Å²) in [6, 6.07) is 18.8. The molecule has 2 heteroatoms. The number of hydrogen-bond acceptors (Lipinski definition) is 1. The first kappa shape index (κ1) is 13.6. The first-order valence-corrected chi connectivity index (χ1v) is 6.96. The van der Waals surface area contributed by atoms with Gasteiger partial charge in [-0.1, -0.05) is 48.5 Å². The van der Waals surface area contributed by atoms with Crippen LogP contribution in [0.25, 0.3) is 0 Å². The van der Waals surface area contributed by atoms with Crippen LogP contribution in [0.4, 0.5) is 0 Å². The van der Waals surface area contributed by atoms with Crippen LogP contribution in [0.5, 0.6) is 5.75 Å². The number of ether oxygens (including phenoxy) is 1. The fourth-order valence-electron chi connectivity index (χ4n) is 2.06. The van der Waals surface area contributed by atoms with Crippen molar-refractivity contribution in [3.63, 3.8) is 0 Å². The zero-order valence-electron chi connectivity index (χ0n) is 11.5. The van der Waals surface area contributed by atoms with E-state index in [1.165, 1.54) is 11.1 Å². The Bertz CT molecular complexity index is 482. The van der Waals surface area contributed by atoms with Crippen LogP contribution >= 0.6 is 0 Å². The lowest BCUT2D eigenvalue weighted by molar-refractivity contribution is -0.652. The topological polar surface area (TPSA) is 25.8 Å². The Morgan fingerprint density at radius 1 is 0.947 bits per heavy atom. The van der Waals surface area contributed by atoms with Crippen molar-refractivity contribution >= 4 is 0 Å². The highest BCUT2D eigenvalue weighted by Gasteiger charge is 2.04. The molecular weight excluding hydrogens is 234 g/mol. The molecule has 0 bridgehead atoms. The molecule has 0 aliphatic carbocycles. The van der Waals surface area contributed by atoms with E-state index in [4.69, 9.17) is 4.74 Å². The summed E-state index contributed by atoms with van der Waals surface area (Å²) in [5.74, 6) is 1.01. The van der Waals surface area contributed by atoms with Crippen LogP contribution in [0.3, 0.4) is 0 Å². The molecule has 0 radical (unpaired) electrons. The van der Waals surface area contributed by atoms with E-state index in [0.29, 0.717) is 0 Å². The summed E-state index contributed by atoms with van der Waals surface area (Å²) in [6.07, 6.45) is 0.925. The Morgan fingerprint density at radius 2 is 1.68 bits per heavy atom. The van der Waals surface area contributed by atoms with Crippen LogP contribution in [0.2, 0.25) is 0 Å². The van der Waals surface area contributed by atoms with E-state index in [1.54, 1.807) is 0 Å². The molecule has 2 aromatic carbocycles. The van der Waals surface area contributed by atoms with Gasteiger partial charge in [0, 0.05) is 6.42 Å². The highest BCUT2D eigenvalue weighted by atomic mass is 16.5. The van der Waals surface area contributed by atoms with Crippen molar-refractivity contribution in [2.24, 2.45) is 0 Å². The summed E-state index contributed by atoms with van der Waals surface area (Å²) in [4.78, 5) is 0. The maximum atomic E-state index is 5.88. The van der Waals surface area contributed by atoms with Crippen molar-refractivity contribution in [3.8, 4) is 5.75 Å². The molecule has 0 heterocycles. The van der Waals surface area contributed by atoms with Crippen molar-refractivity contribution in [1.82, 2.24) is 0 Å². The molecule has 19 heavy (non-hydrogen) atoms. The maximum Gasteiger partial charge on any atom is 0.137 e. The monoisotopic (exact) mass is 256 g/mol. The summed E-state index contributed by atoms with van der Waals surface area (Å²) in [5.41, 5.74) is 2.57. The average Bonchev–Trinajstić information content (AvgIpc) is 2.46. The molecule has 0 saturated carbocycles. The van der Waals surface area contributed by atoms with Gasteiger partial charge in [-0.2, -0.15) is 0 Å². The Morgan fingerprint density at radius 3 is 2.47 bits per heavy atom. The average molecular weight is 256 g/mol. The van der Waals surface area contributed by atoms with Gasteiger partial charge in [0.05, 0.1) is 6.54 Å². The number of likely N-dealkylation sites (N-methyl/N-ethyl adjacent to an activating group) is 1. The minimum absolute atomic E-state index is 0.764. The van der Waals surface area contributed by atoms with Crippen molar-refractivity contribution in [3.05, 3.63) is 65.7 Å². The first-order chi connectivity index (χ1) is 9.40. The smallest absolute Gasteiger partial charge is 0.137 e. The normalized spacial score (nSPS) is 10.4. The molecule has 2 aromatic rings. The third-order valence-corrected chi connectivity index (χ3v) is 3.08. The zero-order valence-corrected chi connectivity index (χ0v) is 11.5. The van der Waals surface area contributed by atoms with Gasteiger partial charge in [0.2, 0.25) is 0 Å². The van der Waals surface area contributed by atoms with Crippen LogP contribution in [0.15, 0.2) is 54.6 Å². The standard InChI is InChI=1S/C17H21NO/c1-2-18-12-13-19-17-11-7-6-10-16(17)14-15-8-4-3-5-9-15/h3-11,18H,2,12-14H2,1H3/p+1. The van der Waals surface area contributed by atoms with Crippen LogP contribution in [0.1, 0.15) is 18.1 Å². The van der Waals surface area contributed by atoms with Crippen LogP contribution in [-0.2, 0) is 6.42 Å². The van der Waals surface area contributed by atoms with E-state index >= 15 is 0 Å². The number of nitrogens with two attached hydrogens (primary N) is 1. The zero-order chi connectivity index (χ0) is 13.3. The van der Waals surface area contributed by atoms with Crippen LogP contribution in [0, 0.1) is 0 Å². The largest absolute Gasteiger partial charge is 0.487 e. The number of quaternary nitrogens is 1. The van der Waals surface area contributed by atoms with E-state index in [-0.39, 0.29) is 0 Å². The van der Waals surface area contributed by atoms with E-state index in [2.05, 4.69) is 54.7 Å². The maximum absolute atomic E-state index is 5.88. The molecule has 0 aromatic heterocycles. The number of benzene rings is 2. The van der Waals surface area contributed by atoms with Gasteiger partial charge in [0.25, 0.3) is 0 Å². The van der Waals surface area contributed by atoms with Gasteiger partial charge >= 0.3 is 0 Å². The summed E-state index contributed by atoms with van der Waals surface area (Å²) in [7, 11) is 0. The minimum atomic E-state index is 0.764. The fourth-order valence-corrected chi connectivity index (χ4v) is 2.06. The molecule has 2 rings (SSSR count). The molecule has 0 amide bonds. The molecule has 0 fully saturated rings. The fraction of sp³-hybridized carbons (Fsp3) is 0.294. The SMILES string of the molecule is CC[NH2+]CCOc1ccccc1Cc1ccccc1. The minimum Gasteiger partial charge on any atom is -0.487 e. The molecule has 0 spiro atoms. The van der Waals surface area contributed by atoms with Gasteiger partial charge < -0.3 is 10.1 Å². The second-order valence-corrected chi connectivity index (χ2v) is 4.60. The molecule has 2 nitrogen and oxygen atoms in total. The lowest BCUT2D eigenvalue weighted by Crippen LogP contribution is -2.84. The third kappa shape index (κ3) is 4.42. The molecule has 0 aliphatic heterocycles. The molecule has 100 valence electrons. The van der Waals surface area contributed by atoms with Gasteiger partial charge in [0.1, 0.15) is 18.9 Å². The summed E-state index contributed by atoms with van der Waals surface area (Å²) in [6.45, 7) is 5.04. The van der Waals surface area contributed by atoms with Gasteiger partial charge in [0.15, 0.2) is 0 Å². The second kappa shape index (κ2) is 7.59. The van der Waals surface area contributed by atoms with Gasteiger partial charge in [-0.15, -0.1) is 0 Å². The van der Waals surface area contributed by atoms with Crippen LogP contribution in [-0.4, -0.2) is 19.7 Å². The Hall–Kier alpha value is -1.80. The summed E-state index contributed by atoms with van der Waals surface area (Å²) < 4.78 is 5.88. The van der Waals surface area contributed by atoms with E-state index in [0.717, 1.165) is 31.9 Å². The van der Waals surface area contributed by atoms with Crippen LogP contribution < -0.4 is 10.1 Å². The van der Waals surface area contributed by atoms with Crippen molar-refractivity contribution in [2.45, 2.75) is 13.3 Å². The number of rotatable bonds is 7. The Labute approximate surface area is 115 Å². The Balaban J connectivity index is 2.00. The molecule has 2 N–H and O–H groups in total. The first-order valence-electron chi connectivity index (χ1n) is 6.96. The predicted octanol–water partition coefficient (Wildman–Crippen LogP) is 2.24. The quantitative estimate of drug-likeness (QED) is 0.755. The highest BCUT2D eigenvalue weighted by molar-refractivity contribution is 5.37. The van der Waals surface area contributed by atoms with E-state index < -0.39 is 0 Å². The van der Waals surface area contributed by atoms with Gasteiger partial charge in [-0.05, 0) is 24.1 Å². The molecule has 0 unspecified atom stereocenters.